The number of fused-ring (bicyclic) bond motifs is 1. The number of thioether (sulfide) groups is 2. The SMILES string of the molecule is CCCCC1(CC)CN(c2ccccc2)c2cc(SC)c(CSCC(=O)OCC)cc2S(O)(O)N1C. The highest BCUT2D eigenvalue weighted by molar-refractivity contribution is 8.22. The van der Waals surface area contributed by atoms with Crippen molar-refractivity contribution in [2.24, 2.45) is 0 Å². The summed E-state index contributed by atoms with van der Waals surface area (Å²) in [6, 6.07) is 14.3. The van der Waals surface area contributed by atoms with E-state index in [0.29, 0.717) is 23.8 Å². The molecule has 1 aliphatic heterocycles. The maximum atomic E-state index is 11.9. The van der Waals surface area contributed by atoms with Gasteiger partial charge >= 0.3 is 5.97 Å². The molecule has 0 spiro atoms. The van der Waals surface area contributed by atoms with Crippen molar-refractivity contribution in [3.8, 4) is 0 Å². The minimum atomic E-state index is -3.26. The molecule has 6 nitrogen and oxygen atoms in total. The number of nitrogens with zero attached hydrogens (tertiary/aromatic N) is 2. The number of para-hydroxylation sites is 1. The van der Waals surface area contributed by atoms with E-state index in [1.54, 1.807) is 18.7 Å². The maximum Gasteiger partial charge on any atom is 0.315 e. The highest BCUT2D eigenvalue weighted by Crippen LogP contribution is 2.62. The molecule has 0 aliphatic carbocycles. The second-order valence-electron chi connectivity index (χ2n) is 9.05. The lowest BCUT2D eigenvalue weighted by atomic mass is 9.88. The normalized spacial score (nSPS) is 20.5. The first-order valence-electron chi connectivity index (χ1n) is 12.5. The van der Waals surface area contributed by atoms with Crippen LogP contribution in [0.15, 0.2) is 52.3 Å². The first-order chi connectivity index (χ1) is 17.2. The van der Waals surface area contributed by atoms with Gasteiger partial charge in [-0.15, -0.1) is 34.3 Å². The summed E-state index contributed by atoms with van der Waals surface area (Å²) in [4.78, 5) is 15.7. The second-order valence-corrected chi connectivity index (χ2v) is 12.9. The van der Waals surface area contributed by atoms with Gasteiger partial charge in [0, 0.05) is 29.9 Å². The Bertz CT molecular complexity index is 1020. The van der Waals surface area contributed by atoms with Gasteiger partial charge in [-0.2, -0.15) is 4.31 Å². The lowest BCUT2D eigenvalue weighted by molar-refractivity contribution is -0.139. The number of carbonyl (C=O) groups excluding carboxylic acids is 1. The minimum Gasteiger partial charge on any atom is -0.465 e. The van der Waals surface area contributed by atoms with E-state index in [-0.39, 0.29) is 11.7 Å². The quantitative estimate of drug-likeness (QED) is 0.217. The van der Waals surface area contributed by atoms with Crippen LogP contribution in [0.5, 0.6) is 0 Å². The van der Waals surface area contributed by atoms with Gasteiger partial charge in [0.15, 0.2) is 0 Å². The first-order valence-corrected chi connectivity index (χ1v) is 16.4. The summed E-state index contributed by atoms with van der Waals surface area (Å²) in [6.45, 7) is 7.15. The fourth-order valence-electron chi connectivity index (χ4n) is 4.76. The highest BCUT2D eigenvalue weighted by Gasteiger charge is 2.46. The Morgan fingerprint density at radius 2 is 1.89 bits per heavy atom. The molecule has 2 aromatic rings. The van der Waals surface area contributed by atoms with Gasteiger partial charge in [0.1, 0.15) is 0 Å². The van der Waals surface area contributed by atoms with Gasteiger partial charge in [-0.25, -0.2) is 0 Å². The number of benzene rings is 2. The van der Waals surface area contributed by atoms with Crippen molar-refractivity contribution in [1.29, 1.82) is 0 Å². The summed E-state index contributed by atoms with van der Waals surface area (Å²) in [5.74, 6) is 0.619. The molecule has 0 saturated carbocycles. The third-order valence-electron chi connectivity index (χ3n) is 6.95. The number of carbonyl (C=O) groups is 1. The van der Waals surface area contributed by atoms with E-state index in [1.165, 1.54) is 11.8 Å². The number of anilines is 2. The molecule has 1 atom stereocenters. The molecule has 3 rings (SSSR count). The number of hydrogen-bond donors (Lipinski definition) is 2. The molecule has 1 unspecified atom stereocenters. The van der Waals surface area contributed by atoms with Crippen LogP contribution in [-0.4, -0.2) is 57.1 Å². The van der Waals surface area contributed by atoms with Crippen molar-refractivity contribution in [3.05, 3.63) is 48.0 Å². The first kappa shape index (κ1) is 29.2. The van der Waals surface area contributed by atoms with Crippen molar-refractivity contribution in [2.45, 2.75) is 67.5 Å². The summed E-state index contributed by atoms with van der Waals surface area (Å²) >= 11 is 3.12. The standard InChI is InChI=1S/C27H40N2O4S3/c1-6-9-15-27(7-2)20-29(22-13-11-10-12-14-22)23-17-24(34-5)21(18-35-19-26(30)33-8-3)16-25(23)36(31,32)28(27)4/h10-14,16-17,31-32H,6-9,15,18-20H2,1-5H3. The fraction of sp³-hybridized carbons (Fsp3) is 0.519. The number of unbranched alkanes of at least 4 members (excludes halogenated alkanes) is 1. The zero-order valence-corrected chi connectivity index (χ0v) is 24.5. The van der Waals surface area contributed by atoms with Crippen LogP contribution in [0.2, 0.25) is 0 Å². The molecule has 0 radical (unpaired) electrons. The predicted molar refractivity (Wildman–Crippen MR) is 156 cm³/mol. The summed E-state index contributed by atoms with van der Waals surface area (Å²) in [5, 5.41) is 0. The van der Waals surface area contributed by atoms with Gasteiger partial charge in [-0.05, 0) is 55.9 Å². The van der Waals surface area contributed by atoms with Crippen molar-refractivity contribution in [3.63, 3.8) is 0 Å². The molecule has 1 aliphatic rings. The van der Waals surface area contributed by atoms with Gasteiger partial charge in [0.05, 0.1) is 28.5 Å². The molecule has 1 heterocycles. The highest BCUT2D eigenvalue weighted by atomic mass is 32.3. The van der Waals surface area contributed by atoms with E-state index in [9.17, 15) is 13.9 Å². The van der Waals surface area contributed by atoms with E-state index < -0.39 is 16.3 Å². The monoisotopic (exact) mass is 552 g/mol. The Labute approximate surface area is 226 Å². The topological polar surface area (TPSA) is 73.2 Å². The van der Waals surface area contributed by atoms with E-state index >= 15 is 0 Å². The van der Waals surface area contributed by atoms with Gasteiger partial charge in [0.25, 0.3) is 0 Å². The third-order valence-corrected chi connectivity index (χ3v) is 10.8. The Morgan fingerprint density at radius 3 is 2.50 bits per heavy atom. The van der Waals surface area contributed by atoms with E-state index in [0.717, 1.165) is 47.5 Å². The lowest BCUT2D eigenvalue weighted by Crippen LogP contribution is -2.52. The van der Waals surface area contributed by atoms with Gasteiger partial charge < -0.3 is 9.64 Å². The molecule has 0 fully saturated rings. The zero-order valence-electron chi connectivity index (χ0n) is 22.0. The Morgan fingerprint density at radius 1 is 1.17 bits per heavy atom. The van der Waals surface area contributed by atoms with Crippen LogP contribution in [0.3, 0.4) is 0 Å². The fourth-order valence-corrected chi connectivity index (χ4v) is 8.15. The number of esters is 1. The maximum absolute atomic E-state index is 11.9. The van der Waals surface area contributed by atoms with Crippen LogP contribution < -0.4 is 4.90 Å². The van der Waals surface area contributed by atoms with Gasteiger partial charge in [0.2, 0.25) is 0 Å². The summed E-state index contributed by atoms with van der Waals surface area (Å²) in [7, 11) is -1.40. The van der Waals surface area contributed by atoms with E-state index in [1.807, 2.05) is 41.9 Å². The van der Waals surface area contributed by atoms with Crippen molar-refractivity contribution in [2.75, 3.05) is 37.1 Å². The largest absolute Gasteiger partial charge is 0.465 e. The van der Waals surface area contributed by atoms with Crippen LogP contribution >= 0.6 is 34.3 Å². The van der Waals surface area contributed by atoms with Crippen molar-refractivity contribution < 1.29 is 18.6 Å². The van der Waals surface area contributed by atoms with E-state index in [2.05, 4.69) is 36.9 Å². The lowest BCUT2D eigenvalue weighted by Gasteiger charge is -2.50. The molecule has 9 heteroatoms. The molecule has 0 bridgehead atoms. The zero-order chi connectivity index (χ0) is 26.3. The molecule has 2 N–H and O–H groups in total. The Kier molecular flexibility index (Phi) is 10.5. The summed E-state index contributed by atoms with van der Waals surface area (Å²) in [5.41, 5.74) is 2.47. The predicted octanol–water partition coefficient (Wildman–Crippen LogP) is 7.65. The van der Waals surface area contributed by atoms with E-state index in [4.69, 9.17) is 4.74 Å². The average molecular weight is 553 g/mol. The van der Waals surface area contributed by atoms with Crippen molar-refractivity contribution >= 4 is 51.6 Å². The number of hydrogen-bond acceptors (Lipinski definition) is 8. The molecule has 0 saturated heterocycles. The van der Waals surface area contributed by atoms with Crippen LogP contribution in [0, 0.1) is 0 Å². The Hall–Kier alpha value is -1.36. The molecule has 200 valence electrons. The molecular weight excluding hydrogens is 513 g/mol. The van der Waals surface area contributed by atoms with Gasteiger partial charge in [-0.3, -0.25) is 13.9 Å². The van der Waals surface area contributed by atoms with Crippen molar-refractivity contribution in [1.82, 2.24) is 4.31 Å². The summed E-state index contributed by atoms with van der Waals surface area (Å²) in [6.07, 6.45) is 5.77. The van der Waals surface area contributed by atoms with Crippen LogP contribution in [-0.2, 0) is 15.3 Å². The molecule has 36 heavy (non-hydrogen) atoms. The number of rotatable bonds is 11. The molecular formula is C27H40N2O4S3. The average Bonchev–Trinajstić information content (AvgIpc) is 2.95. The van der Waals surface area contributed by atoms with Crippen LogP contribution in [0.25, 0.3) is 0 Å². The molecule has 2 aromatic carbocycles. The third kappa shape index (κ3) is 6.19. The van der Waals surface area contributed by atoms with Gasteiger partial charge in [-0.1, -0.05) is 44.9 Å². The second kappa shape index (κ2) is 12.9. The minimum absolute atomic E-state index is 0.231. The number of ether oxygens (including phenoxy) is 1. The molecule has 0 amide bonds. The van der Waals surface area contributed by atoms with Crippen LogP contribution in [0.1, 0.15) is 52.0 Å². The molecule has 0 aromatic heterocycles. The van der Waals surface area contributed by atoms with Crippen LogP contribution in [0.4, 0.5) is 11.4 Å². The smallest absolute Gasteiger partial charge is 0.315 e. The summed E-state index contributed by atoms with van der Waals surface area (Å²) < 4.78 is 30.6. The Balaban J connectivity index is 2.14. The number of likely N-dealkylation sites (N-methyl/N-ethyl adjacent to an activating group) is 1.